The van der Waals surface area contributed by atoms with Crippen molar-refractivity contribution in [2.45, 2.75) is 0 Å². The monoisotopic (exact) mass is 275 g/mol. The molecule has 0 amide bonds. The number of phenolic OH excluding ortho intramolecular Hbond substituents is 1. The lowest BCUT2D eigenvalue weighted by atomic mass is 10.1. The number of phenols is 1. The first-order valence-corrected chi connectivity index (χ1v) is 5.29. The average Bonchev–Trinajstić information content (AvgIpc) is 2.80. The molecule has 1 aromatic heterocycles. The second-order valence-electron chi connectivity index (χ2n) is 3.22. The van der Waals surface area contributed by atoms with E-state index in [9.17, 15) is 18.0 Å². The van der Waals surface area contributed by atoms with Gasteiger partial charge in [0.15, 0.2) is 17.4 Å². The molecule has 0 aliphatic rings. The molecular formula is C10H4F3NO3S. The molecule has 1 aromatic carbocycles. The zero-order chi connectivity index (χ0) is 13.4. The van der Waals surface area contributed by atoms with Gasteiger partial charge in [0.05, 0.1) is 4.88 Å². The third-order valence-corrected chi connectivity index (χ3v) is 3.11. The fourth-order valence-electron chi connectivity index (χ4n) is 1.27. The Morgan fingerprint density at radius 3 is 2.50 bits per heavy atom. The second-order valence-corrected chi connectivity index (χ2v) is 4.25. The van der Waals surface area contributed by atoms with Crippen LogP contribution in [-0.4, -0.2) is 21.2 Å². The number of thiazole rings is 1. The van der Waals surface area contributed by atoms with Gasteiger partial charge in [0.2, 0.25) is 10.8 Å². The zero-order valence-corrected chi connectivity index (χ0v) is 9.26. The third-order valence-electron chi connectivity index (χ3n) is 2.09. The number of aromatic carboxylic acids is 1. The first-order valence-electron chi connectivity index (χ1n) is 4.47. The maximum atomic E-state index is 13.5. The van der Waals surface area contributed by atoms with E-state index in [4.69, 9.17) is 10.2 Å². The minimum atomic E-state index is -1.70. The Morgan fingerprint density at radius 2 is 1.94 bits per heavy atom. The van der Waals surface area contributed by atoms with Crippen molar-refractivity contribution in [2.24, 2.45) is 0 Å². The van der Waals surface area contributed by atoms with Crippen LogP contribution in [0.1, 0.15) is 9.80 Å². The number of rotatable bonds is 2. The SMILES string of the molecule is O=C(O)c1ncc(-c2cc(F)c(F)c(O)c2F)s1. The number of nitrogens with zero attached hydrogens (tertiary/aromatic N) is 1. The van der Waals surface area contributed by atoms with Crippen LogP contribution in [0.3, 0.4) is 0 Å². The Bertz CT molecular complexity index is 642. The van der Waals surface area contributed by atoms with Gasteiger partial charge in [-0.05, 0) is 6.07 Å². The van der Waals surface area contributed by atoms with E-state index >= 15 is 0 Å². The van der Waals surface area contributed by atoms with E-state index in [1.54, 1.807) is 0 Å². The van der Waals surface area contributed by atoms with Gasteiger partial charge >= 0.3 is 5.97 Å². The molecule has 0 aliphatic heterocycles. The third kappa shape index (κ3) is 1.90. The van der Waals surface area contributed by atoms with E-state index < -0.39 is 34.7 Å². The normalized spacial score (nSPS) is 10.6. The fourth-order valence-corrected chi connectivity index (χ4v) is 2.03. The van der Waals surface area contributed by atoms with Crippen LogP contribution >= 0.6 is 11.3 Å². The van der Waals surface area contributed by atoms with E-state index in [0.717, 1.165) is 6.20 Å². The number of hydrogen-bond acceptors (Lipinski definition) is 4. The number of benzene rings is 1. The van der Waals surface area contributed by atoms with Crippen LogP contribution in [0.5, 0.6) is 5.75 Å². The average molecular weight is 275 g/mol. The van der Waals surface area contributed by atoms with Crippen molar-refractivity contribution in [1.29, 1.82) is 0 Å². The van der Waals surface area contributed by atoms with Crippen LogP contribution in [0.15, 0.2) is 12.3 Å². The molecule has 2 aromatic rings. The van der Waals surface area contributed by atoms with Crippen LogP contribution in [0, 0.1) is 17.5 Å². The number of carboxylic acid groups (broad SMARTS) is 1. The lowest BCUT2D eigenvalue weighted by Gasteiger charge is -2.04. The molecule has 0 atom stereocenters. The maximum absolute atomic E-state index is 13.5. The summed E-state index contributed by atoms with van der Waals surface area (Å²) in [6.07, 6.45) is 1.00. The Morgan fingerprint density at radius 1 is 1.28 bits per heavy atom. The van der Waals surface area contributed by atoms with Gasteiger partial charge in [-0.15, -0.1) is 11.3 Å². The highest BCUT2D eigenvalue weighted by Gasteiger charge is 2.21. The summed E-state index contributed by atoms with van der Waals surface area (Å²) in [5, 5.41) is 17.3. The van der Waals surface area contributed by atoms with Crippen LogP contribution < -0.4 is 0 Å². The zero-order valence-electron chi connectivity index (χ0n) is 8.45. The van der Waals surface area contributed by atoms with E-state index in [1.807, 2.05) is 0 Å². The highest BCUT2D eigenvalue weighted by molar-refractivity contribution is 7.16. The largest absolute Gasteiger partial charge is 0.503 e. The molecule has 0 fully saturated rings. The van der Waals surface area contributed by atoms with Crippen molar-refractivity contribution < 1.29 is 28.2 Å². The predicted octanol–water partition coefficient (Wildman–Crippen LogP) is 2.63. The molecule has 0 unspecified atom stereocenters. The number of aromatic hydroxyl groups is 1. The summed E-state index contributed by atoms with van der Waals surface area (Å²) in [6, 6.07) is 0.531. The maximum Gasteiger partial charge on any atom is 0.365 e. The van der Waals surface area contributed by atoms with Crippen molar-refractivity contribution in [3.8, 4) is 16.2 Å². The minimum absolute atomic E-state index is 0.0286. The van der Waals surface area contributed by atoms with Crippen LogP contribution in [-0.2, 0) is 0 Å². The molecule has 0 spiro atoms. The van der Waals surface area contributed by atoms with E-state index in [0.29, 0.717) is 17.4 Å². The lowest BCUT2D eigenvalue weighted by molar-refractivity contribution is 0.0696. The van der Waals surface area contributed by atoms with E-state index in [-0.39, 0.29) is 9.88 Å². The first-order chi connectivity index (χ1) is 8.41. The summed E-state index contributed by atoms with van der Waals surface area (Å²) in [4.78, 5) is 14.0. The molecule has 8 heteroatoms. The second kappa shape index (κ2) is 4.30. The molecule has 1 heterocycles. The topological polar surface area (TPSA) is 70.4 Å². The highest BCUT2D eigenvalue weighted by Crippen LogP contribution is 2.35. The van der Waals surface area contributed by atoms with Gasteiger partial charge in [0, 0.05) is 11.8 Å². The fraction of sp³-hybridized carbons (Fsp3) is 0. The summed E-state index contributed by atoms with van der Waals surface area (Å²) in [7, 11) is 0. The first kappa shape index (κ1) is 12.4. The number of halogens is 3. The highest BCUT2D eigenvalue weighted by atomic mass is 32.1. The van der Waals surface area contributed by atoms with Gasteiger partial charge in [-0.2, -0.15) is 4.39 Å². The molecule has 94 valence electrons. The quantitative estimate of drug-likeness (QED) is 0.826. The van der Waals surface area contributed by atoms with Crippen LogP contribution in [0.2, 0.25) is 0 Å². The summed E-state index contributed by atoms with van der Waals surface area (Å²) in [6.45, 7) is 0. The molecule has 18 heavy (non-hydrogen) atoms. The van der Waals surface area contributed by atoms with Gasteiger partial charge in [-0.25, -0.2) is 18.6 Å². The number of aromatic nitrogens is 1. The van der Waals surface area contributed by atoms with E-state index in [2.05, 4.69) is 4.98 Å². The van der Waals surface area contributed by atoms with Crippen LogP contribution in [0.25, 0.3) is 10.4 Å². The van der Waals surface area contributed by atoms with E-state index in [1.165, 1.54) is 0 Å². The molecular weight excluding hydrogens is 271 g/mol. The molecule has 0 radical (unpaired) electrons. The summed E-state index contributed by atoms with van der Waals surface area (Å²) >= 11 is 0.581. The number of carboxylic acids is 1. The summed E-state index contributed by atoms with van der Waals surface area (Å²) in [5.74, 6) is -7.27. The van der Waals surface area contributed by atoms with Crippen molar-refractivity contribution in [3.05, 3.63) is 34.7 Å². The van der Waals surface area contributed by atoms with Crippen LogP contribution in [0.4, 0.5) is 13.2 Å². The summed E-state index contributed by atoms with van der Waals surface area (Å²) < 4.78 is 39.4. The van der Waals surface area contributed by atoms with Crippen molar-refractivity contribution in [1.82, 2.24) is 4.98 Å². The molecule has 0 saturated heterocycles. The minimum Gasteiger partial charge on any atom is -0.503 e. The Hall–Kier alpha value is -2.09. The number of hydrogen-bond donors (Lipinski definition) is 2. The Kier molecular flexibility index (Phi) is 2.95. The van der Waals surface area contributed by atoms with Gasteiger partial charge in [0.25, 0.3) is 0 Å². The lowest BCUT2D eigenvalue weighted by Crippen LogP contribution is -1.93. The molecule has 4 nitrogen and oxygen atoms in total. The Labute approximate surface area is 102 Å². The standard InChI is InChI=1S/C10H4F3NO3S/c11-4-1-3(6(12)8(15)7(4)13)5-2-14-9(18-5)10(16)17/h1-2,15H,(H,16,17). The molecule has 2 rings (SSSR count). The van der Waals surface area contributed by atoms with Crippen molar-refractivity contribution >= 4 is 17.3 Å². The van der Waals surface area contributed by atoms with Crippen molar-refractivity contribution in [2.75, 3.05) is 0 Å². The molecule has 0 saturated carbocycles. The Balaban J connectivity index is 2.60. The molecule has 0 aliphatic carbocycles. The van der Waals surface area contributed by atoms with Gasteiger partial charge in [-0.3, -0.25) is 0 Å². The predicted molar refractivity (Wildman–Crippen MR) is 56.0 cm³/mol. The van der Waals surface area contributed by atoms with Gasteiger partial charge in [0.1, 0.15) is 0 Å². The molecule has 2 N–H and O–H groups in total. The van der Waals surface area contributed by atoms with Gasteiger partial charge in [-0.1, -0.05) is 0 Å². The van der Waals surface area contributed by atoms with Gasteiger partial charge < -0.3 is 10.2 Å². The summed E-state index contributed by atoms with van der Waals surface area (Å²) in [5.41, 5.74) is -0.448. The molecule has 0 bridgehead atoms. The number of carbonyl (C=O) groups is 1. The smallest absolute Gasteiger partial charge is 0.365 e. The van der Waals surface area contributed by atoms with Crippen molar-refractivity contribution in [3.63, 3.8) is 0 Å².